The largest absolute Gasteiger partial charge is 1.00 e. The van der Waals surface area contributed by atoms with E-state index >= 15 is 0 Å². The standard InChI is InChI=1S/C12H17N3O3.ClH/c16-10-9-13-5-7-14(8-6-13)11-3-1-2-4-12(11)15(17)18;/h1-4,16H,5-10H2;1H/p-1. The molecule has 0 saturated carbocycles. The molecule has 1 aromatic rings. The fourth-order valence-corrected chi connectivity index (χ4v) is 2.24. The third kappa shape index (κ3) is 3.79. The van der Waals surface area contributed by atoms with Gasteiger partial charge in [0.1, 0.15) is 5.69 Å². The number of aliphatic hydroxyl groups is 1. The minimum atomic E-state index is -0.338. The maximum absolute atomic E-state index is 11.0. The maximum Gasteiger partial charge on any atom is 0.292 e. The summed E-state index contributed by atoms with van der Waals surface area (Å²) < 4.78 is 0. The second-order valence-electron chi connectivity index (χ2n) is 4.30. The third-order valence-corrected chi connectivity index (χ3v) is 3.21. The van der Waals surface area contributed by atoms with Crippen LogP contribution < -0.4 is 17.3 Å². The van der Waals surface area contributed by atoms with Crippen molar-refractivity contribution in [1.29, 1.82) is 0 Å². The molecule has 0 aliphatic carbocycles. The summed E-state index contributed by atoms with van der Waals surface area (Å²) >= 11 is 0. The van der Waals surface area contributed by atoms with E-state index in [1.54, 1.807) is 12.1 Å². The topological polar surface area (TPSA) is 69.9 Å². The van der Waals surface area contributed by atoms with Gasteiger partial charge in [-0.05, 0) is 6.07 Å². The highest BCUT2D eigenvalue weighted by Crippen LogP contribution is 2.28. The SMILES string of the molecule is O=[N+]([O-])c1ccccc1N1CCN(CCO)CC1.[Cl-]. The molecule has 0 amide bonds. The number of rotatable bonds is 4. The van der Waals surface area contributed by atoms with E-state index < -0.39 is 0 Å². The second-order valence-corrected chi connectivity index (χ2v) is 4.30. The lowest BCUT2D eigenvalue weighted by Gasteiger charge is -2.35. The number of halogens is 1. The summed E-state index contributed by atoms with van der Waals surface area (Å²) in [6.45, 7) is 3.99. The summed E-state index contributed by atoms with van der Waals surface area (Å²) in [5.74, 6) is 0. The molecule has 1 aromatic carbocycles. The van der Waals surface area contributed by atoms with Gasteiger partial charge >= 0.3 is 0 Å². The Kier molecular flexibility index (Phi) is 6.01. The highest BCUT2D eigenvalue weighted by molar-refractivity contribution is 5.63. The van der Waals surface area contributed by atoms with Crippen molar-refractivity contribution in [2.75, 3.05) is 44.2 Å². The van der Waals surface area contributed by atoms with Gasteiger partial charge in [-0.15, -0.1) is 0 Å². The monoisotopic (exact) mass is 286 g/mol. The molecule has 0 unspecified atom stereocenters. The Morgan fingerprint density at radius 1 is 1.21 bits per heavy atom. The van der Waals surface area contributed by atoms with E-state index in [9.17, 15) is 10.1 Å². The normalized spacial score (nSPS) is 15.9. The van der Waals surface area contributed by atoms with E-state index in [4.69, 9.17) is 5.11 Å². The van der Waals surface area contributed by atoms with Gasteiger partial charge in [-0.3, -0.25) is 15.0 Å². The van der Waals surface area contributed by atoms with E-state index in [1.807, 2.05) is 11.0 Å². The lowest BCUT2D eigenvalue weighted by Crippen LogP contribution is -3.00. The zero-order valence-electron chi connectivity index (χ0n) is 10.5. The lowest BCUT2D eigenvalue weighted by molar-refractivity contribution is -0.384. The first-order valence-electron chi connectivity index (χ1n) is 6.04. The van der Waals surface area contributed by atoms with Crippen LogP contribution >= 0.6 is 0 Å². The number of benzene rings is 1. The number of hydrogen-bond donors (Lipinski definition) is 1. The van der Waals surface area contributed by atoms with Crippen molar-refractivity contribution in [3.05, 3.63) is 34.4 Å². The summed E-state index contributed by atoms with van der Waals surface area (Å²) in [5, 5.41) is 19.8. The maximum atomic E-state index is 11.0. The predicted octanol–water partition coefficient (Wildman–Crippen LogP) is -2.29. The van der Waals surface area contributed by atoms with Gasteiger partial charge in [-0.2, -0.15) is 0 Å². The third-order valence-electron chi connectivity index (χ3n) is 3.21. The van der Waals surface area contributed by atoms with Gasteiger partial charge in [-0.25, -0.2) is 0 Å². The molecule has 1 N–H and O–H groups in total. The average Bonchev–Trinajstić information content (AvgIpc) is 2.40. The van der Waals surface area contributed by atoms with Crippen LogP contribution in [0.1, 0.15) is 0 Å². The van der Waals surface area contributed by atoms with Crippen LogP contribution in [0.2, 0.25) is 0 Å². The number of aliphatic hydroxyl groups excluding tert-OH is 1. The van der Waals surface area contributed by atoms with E-state index in [2.05, 4.69) is 4.90 Å². The Bertz CT molecular complexity index is 422. The number of hydrogen-bond acceptors (Lipinski definition) is 5. The Morgan fingerprint density at radius 3 is 2.42 bits per heavy atom. The highest BCUT2D eigenvalue weighted by atomic mass is 35.5. The van der Waals surface area contributed by atoms with Crippen molar-refractivity contribution in [2.24, 2.45) is 0 Å². The van der Waals surface area contributed by atoms with Gasteiger partial charge in [0.05, 0.1) is 11.5 Å². The summed E-state index contributed by atoms with van der Waals surface area (Å²) in [7, 11) is 0. The van der Waals surface area contributed by atoms with Crippen LogP contribution in [0.4, 0.5) is 11.4 Å². The van der Waals surface area contributed by atoms with Crippen molar-refractivity contribution >= 4 is 11.4 Å². The van der Waals surface area contributed by atoms with Gasteiger partial charge in [0.25, 0.3) is 5.69 Å². The average molecular weight is 287 g/mol. The van der Waals surface area contributed by atoms with Crippen LogP contribution in [-0.4, -0.2) is 54.3 Å². The molecule has 1 saturated heterocycles. The molecule has 19 heavy (non-hydrogen) atoms. The van der Waals surface area contributed by atoms with Gasteiger partial charge in [0.15, 0.2) is 0 Å². The van der Waals surface area contributed by atoms with Gasteiger partial charge in [-0.1, -0.05) is 12.1 Å². The molecule has 0 aromatic heterocycles. The number of nitro benzene ring substituents is 1. The van der Waals surface area contributed by atoms with Gasteiger partial charge < -0.3 is 22.4 Å². The molecule has 0 spiro atoms. The summed E-state index contributed by atoms with van der Waals surface area (Å²) in [6, 6.07) is 6.83. The van der Waals surface area contributed by atoms with E-state index in [0.29, 0.717) is 12.2 Å². The predicted molar refractivity (Wildman–Crippen MR) is 68.8 cm³/mol. The number of nitrogens with zero attached hydrogens (tertiary/aromatic N) is 3. The molecule has 1 aliphatic rings. The fraction of sp³-hybridized carbons (Fsp3) is 0.500. The second kappa shape index (κ2) is 7.28. The van der Waals surface area contributed by atoms with E-state index in [1.165, 1.54) is 6.07 Å². The molecule has 1 aliphatic heterocycles. The smallest absolute Gasteiger partial charge is 0.292 e. The molecule has 1 heterocycles. The highest BCUT2D eigenvalue weighted by Gasteiger charge is 2.22. The van der Waals surface area contributed by atoms with Crippen molar-refractivity contribution in [3.63, 3.8) is 0 Å². The van der Waals surface area contributed by atoms with Gasteiger partial charge in [0.2, 0.25) is 0 Å². The fourth-order valence-electron chi connectivity index (χ4n) is 2.24. The van der Waals surface area contributed by atoms with Crippen LogP contribution in [0.3, 0.4) is 0 Å². The number of β-amino-alcohol motifs (C(OH)–C–C–N with tert-alkyl or cyclic N) is 1. The van der Waals surface area contributed by atoms with Crippen molar-refractivity contribution in [3.8, 4) is 0 Å². The minimum absolute atomic E-state index is 0. The van der Waals surface area contributed by atoms with Crippen LogP contribution in [0.5, 0.6) is 0 Å². The van der Waals surface area contributed by atoms with Crippen molar-refractivity contribution in [1.82, 2.24) is 4.90 Å². The van der Waals surface area contributed by atoms with Crippen molar-refractivity contribution in [2.45, 2.75) is 0 Å². The van der Waals surface area contributed by atoms with Crippen molar-refractivity contribution < 1.29 is 22.4 Å². The molecule has 7 heteroatoms. The Balaban J connectivity index is 0.00000180. The zero-order chi connectivity index (χ0) is 13.0. The molecular weight excluding hydrogens is 270 g/mol. The molecule has 0 radical (unpaired) electrons. The van der Waals surface area contributed by atoms with Crippen LogP contribution in [0, 0.1) is 10.1 Å². The van der Waals surface area contributed by atoms with Crippen LogP contribution in [-0.2, 0) is 0 Å². The van der Waals surface area contributed by atoms with Crippen LogP contribution in [0.25, 0.3) is 0 Å². The summed E-state index contributed by atoms with van der Waals surface area (Å²) in [4.78, 5) is 14.8. The quantitative estimate of drug-likeness (QED) is 0.499. The number of para-hydroxylation sites is 2. The first kappa shape index (κ1) is 15.7. The van der Waals surface area contributed by atoms with Gasteiger partial charge in [0, 0.05) is 38.8 Å². The number of anilines is 1. The molecule has 106 valence electrons. The minimum Gasteiger partial charge on any atom is -1.00 e. The molecule has 0 atom stereocenters. The first-order valence-corrected chi connectivity index (χ1v) is 6.04. The number of piperazine rings is 1. The van der Waals surface area contributed by atoms with E-state index in [0.717, 1.165) is 26.2 Å². The first-order chi connectivity index (χ1) is 8.72. The molecule has 1 fully saturated rings. The molecule has 2 rings (SSSR count). The van der Waals surface area contributed by atoms with E-state index in [-0.39, 0.29) is 29.6 Å². The Morgan fingerprint density at radius 2 is 1.84 bits per heavy atom. The molecule has 6 nitrogen and oxygen atoms in total. The number of nitro groups is 1. The molecular formula is C12H17ClN3O3-. The molecule has 0 bridgehead atoms. The summed E-state index contributed by atoms with van der Waals surface area (Å²) in [6.07, 6.45) is 0. The Hall–Kier alpha value is -1.37. The van der Waals surface area contributed by atoms with Crippen LogP contribution in [0.15, 0.2) is 24.3 Å². The summed E-state index contributed by atoms with van der Waals surface area (Å²) in [5.41, 5.74) is 0.847. The Labute approximate surface area is 118 Å². The lowest BCUT2D eigenvalue weighted by atomic mass is 10.2. The zero-order valence-corrected chi connectivity index (χ0v) is 11.3.